The third kappa shape index (κ3) is 4.43. The average Bonchev–Trinajstić information content (AvgIpc) is 3.42. The number of hydrogen-bond donors (Lipinski definition) is 0. The van der Waals surface area contributed by atoms with E-state index in [9.17, 15) is 9.18 Å². The van der Waals surface area contributed by atoms with Crippen molar-refractivity contribution in [2.45, 2.75) is 13.5 Å². The van der Waals surface area contributed by atoms with Crippen LogP contribution in [0.15, 0.2) is 64.1 Å². The highest BCUT2D eigenvalue weighted by molar-refractivity contribution is 7.05. The van der Waals surface area contributed by atoms with Crippen molar-refractivity contribution < 1.29 is 8.81 Å². The minimum atomic E-state index is -0.478. The van der Waals surface area contributed by atoms with E-state index in [-0.39, 0.29) is 12.1 Å². The van der Waals surface area contributed by atoms with Gasteiger partial charge in [0.2, 0.25) is 5.89 Å². The standard InChI is InChI=1S/C22H14ClFN6O2S/c1-12-20(32-22(26-12)13-3-2-4-15(23)7-13)17-5-6-19(31)30(28-17)11-18-27-21(29-33-18)14-8-16(24)10-25-9-14/h2-10H,11H2,1H3. The van der Waals surface area contributed by atoms with Crippen LogP contribution in [0.3, 0.4) is 0 Å². The number of aryl methyl sites for hydroxylation is 1. The Hall–Kier alpha value is -3.76. The van der Waals surface area contributed by atoms with Crippen molar-refractivity contribution in [3.8, 4) is 34.3 Å². The molecule has 0 spiro atoms. The summed E-state index contributed by atoms with van der Waals surface area (Å²) >= 11 is 7.17. The summed E-state index contributed by atoms with van der Waals surface area (Å²) in [5, 5.41) is 5.54. The lowest BCUT2D eigenvalue weighted by Crippen LogP contribution is -2.22. The van der Waals surface area contributed by atoms with Crippen molar-refractivity contribution in [1.82, 2.24) is 29.1 Å². The Kier molecular flexibility index (Phi) is 5.53. The highest BCUT2D eigenvalue weighted by Gasteiger charge is 2.17. The largest absolute Gasteiger partial charge is 0.434 e. The zero-order valence-corrected chi connectivity index (χ0v) is 18.6. The number of benzene rings is 1. The Morgan fingerprint density at radius 1 is 1.12 bits per heavy atom. The van der Waals surface area contributed by atoms with Gasteiger partial charge in [-0.1, -0.05) is 17.7 Å². The SMILES string of the molecule is Cc1nc(-c2cccc(Cl)c2)oc1-c1ccc(=O)n(Cc2nc(-c3cncc(F)c3)ns2)n1. The Balaban J connectivity index is 1.44. The van der Waals surface area contributed by atoms with Crippen LogP contribution < -0.4 is 5.56 Å². The molecule has 0 aliphatic heterocycles. The van der Waals surface area contributed by atoms with Crippen LogP contribution in [0.4, 0.5) is 4.39 Å². The molecular weight excluding hydrogens is 467 g/mol. The molecule has 0 aliphatic carbocycles. The lowest BCUT2D eigenvalue weighted by atomic mass is 10.2. The van der Waals surface area contributed by atoms with Gasteiger partial charge in [-0.2, -0.15) is 9.47 Å². The van der Waals surface area contributed by atoms with Gasteiger partial charge in [0.25, 0.3) is 5.56 Å². The molecule has 0 bridgehead atoms. The van der Waals surface area contributed by atoms with Crippen LogP contribution in [0.1, 0.15) is 10.7 Å². The molecule has 5 rings (SSSR count). The fraction of sp³-hybridized carbons (Fsp3) is 0.0909. The number of aromatic nitrogens is 6. The van der Waals surface area contributed by atoms with Crippen LogP contribution in [0.25, 0.3) is 34.3 Å². The molecule has 0 fully saturated rings. The van der Waals surface area contributed by atoms with Gasteiger partial charge in [0.1, 0.15) is 16.5 Å². The number of hydrogen-bond acceptors (Lipinski definition) is 8. The zero-order chi connectivity index (χ0) is 22.9. The Labute approximate surface area is 195 Å². The normalized spacial score (nSPS) is 11.1. The number of oxazole rings is 1. The molecule has 4 heterocycles. The molecule has 164 valence electrons. The third-order valence-corrected chi connectivity index (χ3v) is 5.61. The van der Waals surface area contributed by atoms with Gasteiger partial charge in [-0.05, 0) is 48.8 Å². The fourth-order valence-corrected chi connectivity index (χ4v) is 4.00. The molecule has 0 saturated carbocycles. The van der Waals surface area contributed by atoms with Crippen LogP contribution >= 0.6 is 23.1 Å². The Morgan fingerprint density at radius 2 is 2.00 bits per heavy atom. The van der Waals surface area contributed by atoms with Crippen LogP contribution in [0.5, 0.6) is 0 Å². The Morgan fingerprint density at radius 3 is 2.82 bits per heavy atom. The topological polar surface area (TPSA) is 99.6 Å². The maximum atomic E-state index is 13.4. The second-order valence-electron chi connectivity index (χ2n) is 7.06. The number of pyridine rings is 1. The van der Waals surface area contributed by atoms with Gasteiger partial charge < -0.3 is 4.42 Å². The molecule has 0 atom stereocenters. The van der Waals surface area contributed by atoms with E-state index < -0.39 is 5.82 Å². The molecule has 33 heavy (non-hydrogen) atoms. The maximum absolute atomic E-state index is 13.4. The van der Waals surface area contributed by atoms with Crippen molar-refractivity contribution in [3.63, 3.8) is 0 Å². The maximum Gasteiger partial charge on any atom is 0.267 e. The summed E-state index contributed by atoms with van der Waals surface area (Å²) in [6.07, 6.45) is 2.58. The van der Waals surface area contributed by atoms with Gasteiger partial charge in [-0.25, -0.2) is 19.0 Å². The summed E-state index contributed by atoms with van der Waals surface area (Å²) in [7, 11) is 0. The molecule has 0 saturated heterocycles. The predicted molar refractivity (Wildman–Crippen MR) is 121 cm³/mol. The lowest BCUT2D eigenvalue weighted by molar-refractivity contribution is 0.574. The van der Waals surface area contributed by atoms with E-state index in [2.05, 4.69) is 24.4 Å². The van der Waals surface area contributed by atoms with Crippen molar-refractivity contribution >= 4 is 23.1 Å². The number of halogens is 2. The van der Waals surface area contributed by atoms with E-state index in [1.807, 2.05) is 12.1 Å². The van der Waals surface area contributed by atoms with Crippen LogP contribution in [-0.4, -0.2) is 29.1 Å². The second kappa shape index (κ2) is 8.64. The van der Waals surface area contributed by atoms with E-state index in [0.717, 1.165) is 23.3 Å². The first-order chi connectivity index (χ1) is 16.0. The predicted octanol–water partition coefficient (Wildman–Crippen LogP) is 4.63. The third-order valence-electron chi connectivity index (χ3n) is 4.68. The van der Waals surface area contributed by atoms with E-state index >= 15 is 0 Å². The molecule has 0 aliphatic rings. The van der Waals surface area contributed by atoms with Gasteiger partial charge in [0.15, 0.2) is 11.6 Å². The van der Waals surface area contributed by atoms with Gasteiger partial charge in [0.05, 0.1) is 18.4 Å². The molecule has 5 aromatic rings. The summed E-state index contributed by atoms with van der Waals surface area (Å²) in [4.78, 5) is 25.1. The van der Waals surface area contributed by atoms with Crippen molar-refractivity contribution in [1.29, 1.82) is 0 Å². The molecule has 0 N–H and O–H groups in total. The summed E-state index contributed by atoms with van der Waals surface area (Å²) in [5.41, 5.74) is 1.96. The minimum Gasteiger partial charge on any atom is -0.434 e. The molecule has 11 heteroatoms. The molecule has 0 radical (unpaired) electrons. The molecule has 0 amide bonds. The highest BCUT2D eigenvalue weighted by Crippen LogP contribution is 2.29. The van der Waals surface area contributed by atoms with Crippen molar-refractivity contribution in [2.75, 3.05) is 0 Å². The van der Waals surface area contributed by atoms with E-state index in [0.29, 0.717) is 44.5 Å². The monoisotopic (exact) mass is 480 g/mol. The van der Waals surface area contributed by atoms with Crippen LogP contribution in [-0.2, 0) is 6.54 Å². The summed E-state index contributed by atoms with van der Waals surface area (Å²) in [6.45, 7) is 1.90. The molecular formula is C22H14ClFN6O2S. The lowest BCUT2D eigenvalue weighted by Gasteiger charge is -2.04. The average molecular weight is 481 g/mol. The van der Waals surface area contributed by atoms with Crippen LogP contribution in [0.2, 0.25) is 5.02 Å². The summed E-state index contributed by atoms with van der Waals surface area (Å²) in [6, 6.07) is 11.5. The fourth-order valence-electron chi connectivity index (χ4n) is 3.16. The van der Waals surface area contributed by atoms with E-state index in [1.165, 1.54) is 23.0 Å². The Bertz CT molecular complexity index is 1530. The van der Waals surface area contributed by atoms with E-state index in [4.69, 9.17) is 16.0 Å². The quantitative estimate of drug-likeness (QED) is 0.361. The van der Waals surface area contributed by atoms with Crippen molar-refractivity contribution in [2.24, 2.45) is 0 Å². The number of rotatable bonds is 5. The second-order valence-corrected chi connectivity index (χ2v) is 8.33. The van der Waals surface area contributed by atoms with Gasteiger partial charge >= 0.3 is 0 Å². The summed E-state index contributed by atoms with van der Waals surface area (Å²) < 4.78 is 24.9. The van der Waals surface area contributed by atoms with E-state index in [1.54, 1.807) is 25.1 Å². The molecule has 0 unspecified atom stereocenters. The first kappa shape index (κ1) is 21.1. The number of nitrogens with zero attached hydrogens (tertiary/aromatic N) is 6. The molecule has 4 aromatic heterocycles. The van der Waals surface area contributed by atoms with Gasteiger partial charge in [-0.3, -0.25) is 9.78 Å². The van der Waals surface area contributed by atoms with Gasteiger partial charge in [-0.15, -0.1) is 0 Å². The molecule has 1 aromatic carbocycles. The molecule has 8 nitrogen and oxygen atoms in total. The first-order valence-corrected chi connectivity index (χ1v) is 10.9. The van der Waals surface area contributed by atoms with Crippen molar-refractivity contribution in [3.05, 3.63) is 86.8 Å². The smallest absolute Gasteiger partial charge is 0.267 e. The highest BCUT2D eigenvalue weighted by atomic mass is 35.5. The summed E-state index contributed by atoms with van der Waals surface area (Å²) in [5.74, 6) is 0.710. The van der Waals surface area contributed by atoms with Gasteiger partial charge in [0, 0.05) is 28.4 Å². The van der Waals surface area contributed by atoms with Crippen LogP contribution in [0, 0.1) is 12.7 Å². The first-order valence-electron chi connectivity index (χ1n) is 9.72. The zero-order valence-electron chi connectivity index (χ0n) is 17.1. The minimum absolute atomic E-state index is 0.0986.